The number of rotatable bonds is 1. The second kappa shape index (κ2) is 4.56. The largest absolute Gasteiger partial charge is 0.463 e. The van der Waals surface area contributed by atoms with E-state index in [4.69, 9.17) is 16.0 Å². The van der Waals surface area contributed by atoms with E-state index in [0.717, 1.165) is 5.56 Å². The molecule has 0 aliphatic heterocycles. The Morgan fingerprint density at radius 1 is 1.05 bits per heavy atom. The maximum atomic E-state index is 12.5. The molecule has 0 spiro atoms. The molecule has 0 amide bonds. The molecule has 0 N–H and O–H groups in total. The van der Waals surface area contributed by atoms with Crippen LogP contribution in [0.15, 0.2) is 57.9 Å². The highest BCUT2D eigenvalue weighted by molar-refractivity contribution is 6.33. The predicted molar refractivity (Wildman–Crippen MR) is 77.7 cm³/mol. The molecule has 0 saturated carbocycles. The van der Waals surface area contributed by atoms with Crippen molar-refractivity contribution in [2.45, 2.75) is 6.92 Å². The quantitative estimate of drug-likeness (QED) is 0.655. The van der Waals surface area contributed by atoms with Crippen LogP contribution >= 0.6 is 11.6 Å². The van der Waals surface area contributed by atoms with E-state index in [9.17, 15) is 4.79 Å². The molecule has 2 nitrogen and oxygen atoms in total. The summed E-state index contributed by atoms with van der Waals surface area (Å²) in [5, 5.41) is 1.12. The molecular formula is C16H11ClO2. The van der Waals surface area contributed by atoms with E-state index in [-0.39, 0.29) is 5.43 Å². The molecule has 3 rings (SSSR count). The molecule has 94 valence electrons. The first-order valence-electron chi connectivity index (χ1n) is 5.94. The third-order valence-electron chi connectivity index (χ3n) is 3.09. The minimum absolute atomic E-state index is 0.0608. The van der Waals surface area contributed by atoms with E-state index >= 15 is 0 Å². The summed E-state index contributed by atoms with van der Waals surface area (Å²) >= 11 is 6.17. The zero-order chi connectivity index (χ0) is 13.4. The highest BCUT2D eigenvalue weighted by Gasteiger charge is 2.11. The molecule has 3 heteroatoms. The van der Waals surface area contributed by atoms with Crippen LogP contribution in [-0.4, -0.2) is 0 Å². The van der Waals surface area contributed by atoms with E-state index in [1.807, 2.05) is 31.2 Å². The normalized spacial score (nSPS) is 10.8. The van der Waals surface area contributed by atoms with Gasteiger partial charge in [0.2, 0.25) is 5.43 Å². The summed E-state index contributed by atoms with van der Waals surface area (Å²) < 4.78 is 5.51. The Hall–Kier alpha value is -2.06. The Balaban J connectivity index is 2.35. The lowest BCUT2D eigenvalue weighted by molar-refractivity contribution is 0.604. The van der Waals surface area contributed by atoms with Gasteiger partial charge in [-0.3, -0.25) is 4.79 Å². The molecule has 0 saturated heterocycles. The topological polar surface area (TPSA) is 30.2 Å². The van der Waals surface area contributed by atoms with Gasteiger partial charge in [0.05, 0.1) is 10.9 Å². The Bertz CT molecular complexity index is 818. The molecular weight excluding hydrogens is 260 g/mol. The van der Waals surface area contributed by atoms with Crippen molar-refractivity contribution in [3.05, 3.63) is 69.5 Å². The molecule has 0 unspecified atom stereocenters. The van der Waals surface area contributed by atoms with Crippen LogP contribution in [0.4, 0.5) is 0 Å². The van der Waals surface area contributed by atoms with Crippen LogP contribution in [0.1, 0.15) is 5.56 Å². The van der Waals surface area contributed by atoms with Gasteiger partial charge in [-0.25, -0.2) is 0 Å². The molecule has 2 aromatic carbocycles. The van der Waals surface area contributed by atoms with Crippen molar-refractivity contribution in [1.29, 1.82) is 0 Å². The van der Waals surface area contributed by atoms with Crippen molar-refractivity contribution in [2.24, 2.45) is 0 Å². The zero-order valence-corrected chi connectivity index (χ0v) is 11.1. The number of benzene rings is 2. The summed E-state index contributed by atoms with van der Waals surface area (Å²) in [7, 11) is 0. The van der Waals surface area contributed by atoms with Crippen molar-refractivity contribution < 1.29 is 4.42 Å². The second-order valence-corrected chi connectivity index (χ2v) is 4.87. The fourth-order valence-electron chi connectivity index (χ4n) is 2.11. The average molecular weight is 271 g/mol. The van der Waals surface area contributed by atoms with Gasteiger partial charge in [-0.2, -0.15) is 0 Å². The van der Waals surface area contributed by atoms with Crippen LogP contribution in [0.3, 0.4) is 0 Å². The molecule has 0 bridgehead atoms. The lowest BCUT2D eigenvalue weighted by Crippen LogP contribution is -2.05. The van der Waals surface area contributed by atoms with E-state index in [1.54, 1.807) is 18.2 Å². The van der Waals surface area contributed by atoms with Crippen LogP contribution in [0.25, 0.3) is 22.1 Å². The van der Waals surface area contributed by atoms with Crippen LogP contribution in [0.5, 0.6) is 0 Å². The van der Waals surface area contributed by atoms with Gasteiger partial charge in [0.15, 0.2) is 0 Å². The van der Waals surface area contributed by atoms with Crippen LogP contribution < -0.4 is 5.43 Å². The first-order valence-corrected chi connectivity index (χ1v) is 6.31. The van der Waals surface area contributed by atoms with E-state index in [2.05, 4.69) is 0 Å². The van der Waals surface area contributed by atoms with E-state index < -0.39 is 0 Å². The summed E-state index contributed by atoms with van der Waals surface area (Å²) in [5.41, 5.74) is 2.77. The molecule has 3 aromatic rings. The minimum atomic E-state index is -0.0608. The molecule has 0 fully saturated rings. The van der Waals surface area contributed by atoms with Crippen molar-refractivity contribution in [1.82, 2.24) is 0 Å². The Kier molecular flexibility index (Phi) is 2.88. The zero-order valence-electron chi connectivity index (χ0n) is 10.3. The summed E-state index contributed by atoms with van der Waals surface area (Å²) in [6.45, 7) is 1.96. The fraction of sp³-hybridized carbons (Fsp3) is 0.0625. The summed E-state index contributed by atoms with van der Waals surface area (Å²) in [6, 6.07) is 12.8. The van der Waals surface area contributed by atoms with Gasteiger partial charge in [-0.05, 0) is 31.2 Å². The highest BCUT2D eigenvalue weighted by Crippen LogP contribution is 2.27. The van der Waals surface area contributed by atoms with E-state index in [1.165, 1.54) is 6.26 Å². The standard InChI is InChI=1S/C16H11ClO2/c1-10-6-7-14(17)12(8-10)13-9-19-15-5-3-2-4-11(15)16(13)18/h2-9H,1H3. The van der Waals surface area contributed by atoms with Gasteiger partial charge in [-0.15, -0.1) is 0 Å². The Morgan fingerprint density at radius 2 is 1.84 bits per heavy atom. The Labute approximate surface area is 115 Å². The smallest absolute Gasteiger partial charge is 0.200 e. The van der Waals surface area contributed by atoms with Crippen LogP contribution in [-0.2, 0) is 0 Å². The van der Waals surface area contributed by atoms with Crippen LogP contribution in [0.2, 0.25) is 5.02 Å². The third-order valence-corrected chi connectivity index (χ3v) is 3.42. The lowest BCUT2D eigenvalue weighted by atomic mass is 10.0. The molecule has 0 radical (unpaired) electrons. The second-order valence-electron chi connectivity index (χ2n) is 4.46. The van der Waals surface area contributed by atoms with Gasteiger partial charge < -0.3 is 4.42 Å². The van der Waals surface area contributed by atoms with Crippen molar-refractivity contribution in [3.8, 4) is 11.1 Å². The minimum Gasteiger partial charge on any atom is -0.463 e. The van der Waals surface area contributed by atoms with Crippen molar-refractivity contribution >= 4 is 22.6 Å². The summed E-state index contributed by atoms with van der Waals surface area (Å²) in [5.74, 6) is 0. The van der Waals surface area contributed by atoms with Crippen molar-refractivity contribution in [2.75, 3.05) is 0 Å². The van der Waals surface area contributed by atoms with Gasteiger partial charge in [-0.1, -0.05) is 35.4 Å². The number of hydrogen-bond donors (Lipinski definition) is 0. The molecule has 1 heterocycles. The SMILES string of the molecule is Cc1ccc(Cl)c(-c2coc3ccccc3c2=O)c1. The summed E-state index contributed by atoms with van der Waals surface area (Å²) in [6.07, 6.45) is 1.48. The van der Waals surface area contributed by atoms with E-state index in [0.29, 0.717) is 27.1 Å². The van der Waals surface area contributed by atoms with Gasteiger partial charge in [0.1, 0.15) is 11.8 Å². The van der Waals surface area contributed by atoms with Gasteiger partial charge in [0.25, 0.3) is 0 Å². The summed E-state index contributed by atoms with van der Waals surface area (Å²) in [4.78, 5) is 12.5. The Morgan fingerprint density at radius 3 is 2.68 bits per heavy atom. The molecule has 0 atom stereocenters. The van der Waals surface area contributed by atoms with Crippen molar-refractivity contribution in [3.63, 3.8) is 0 Å². The number of aryl methyl sites for hydroxylation is 1. The van der Waals surface area contributed by atoms with Gasteiger partial charge in [0, 0.05) is 10.6 Å². The highest BCUT2D eigenvalue weighted by atomic mass is 35.5. The fourth-order valence-corrected chi connectivity index (χ4v) is 2.33. The number of hydrogen-bond acceptors (Lipinski definition) is 2. The molecule has 1 aromatic heterocycles. The monoisotopic (exact) mass is 270 g/mol. The average Bonchev–Trinajstić information content (AvgIpc) is 2.43. The molecule has 19 heavy (non-hydrogen) atoms. The number of para-hydroxylation sites is 1. The predicted octanol–water partition coefficient (Wildman–Crippen LogP) is 4.42. The molecule has 0 aliphatic carbocycles. The van der Waals surface area contributed by atoms with Gasteiger partial charge >= 0.3 is 0 Å². The van der Waals surface area contributed by atoms with Crippen LogP contribution in [0, 0.1) is 6.92 Å². The third kappa shape index (κ3) is 2.04. The number of fused-ring (bicyclic) bond motifs is 1. The number of halogens is 1. The first kappa shape index (κ1) is 12.0. The first-order chi connectivity index (χ1) is 9.16. The maximum Gasteiger partial charge on any atom is 0.200 e. The molecule has 0 aliphatic rings. The lowest BCUT2D eigenvalue weighted by Gasteiger charge is -2.06. The maximum absolute atomic E-state index is 12.5.